The van der Waals surface area contributed by atoms with Gasteiger partial charge in [-0.3, -0.25) is 4.79 Å². The first-order valence-corrected chi connectivity index (χ1v) is 5.97. The molecule has 0 aliphatic rings. The number of hydrogen-bond acceptors (Lipinski definition) is 4. The van der Waals surface area contributed by atoms with Crippen molar-refractivity contribution in [3.05, 3.63) is 35.9 Å². The highest BCUT2D eigenvalue weighted by atomic mass is 16.5. The van der Waals surface area contributed by atoms with Crippen LogP contribution in [0.25, 0.3) is 0 Å². The van der Waals surface area contributed by atoms with E-state index in [1.807, 2.05) is 30.3 Å². The van der Waals surface area contributed by atoms with Crippen molar-refractivity contribution < 1.29 is 19.4 Å². The fraction of sp³-hybridized carbons (Fsp3) is 0.385. The maximum atomic E-state index is 11.3. The van der Waals surface area contributed by atoms with Crippen LogP contribution in [0.15, 0.2) is 30.3 Å². The molecule has 6 heteroatoms. The molecule has 0 aliphatic heterocycles. The Hall–Kier alpha value is -2.08. The normalized spacial score (nSPS) is 11.5. The number of carbonyl (C=O) groups is 2. The van der Waals surface area contributed by atoms with Crippen LogP contribution in [0.4, 0.5) is 4.79 Å². The van der Waals surface area contributed by atoms with Gasteiger partial charge in [-0.1, -0.05) is 30.3 Å². The van der Waals surface area contributed by atoms with Crippen LogP contribution >= 0.6 is 0 Å². The van der Waals surface area contributed by atoms with Crippen molar-refractivity contribution in [3.8, 4) is 0 Å². The molecule has 0 aliphatic carbocycles. The quantitative estimate of drug-likeness (QED) is 0.696. The molecule has 1 aromatic carbocycles. The second-order valence-electron chi connectivity index (χ2n) is 3.91. The predicted molar refractivity (Wildman–Crippen MR) is 69.3 cm³/mol. The van der Waals surface area contributed by atoms with E-state index >= 15 is 0 Å². The predicted octanol–water partition coefficient (Wildman–Crippen LogP) is 0.410. The molecule has 104 valence electrons. The zero-order valence-electron chi connectivity index (χ0n) is 10.8. The molecule has 0 unspecified atom stereocenters. The molecule has 0 spiro atoms. The van der Waals surface area contributed by atoms with Gasteiger partial charge in [-0.25, -0.2) is 4.79 Å². The summed E-state index contributed by atoms with van der Waals surface area (Å²) in [7, 11) is 1.44. The molecular formula is C13H18N2O4. The molecule has 0 bridgehead atoms. The minimum absolute atomic E-state index is 0.139. The van der Waals surface area contributed by atoms with Crippen molar-refractivity contribution in [1.82, 2.24) is 10.6 Å². The third-order valence-electron chi connectivity index (χ3n) is 2.45. The Bertz CT molecular complexity index is 408. The van der Waals surface area contributed by atoms with E-state index in [9.17, 15) is 14.7 Å². The van der Waals surface area contributed by atoms with Gasteiger partial charge in [0.15, 0.2) is 0 Å². The highest BCUT2D eigenvalue weighted by molar-refractivity contribution is 5.80. The lowest BCUT2D eigenvalue weighted by molar-refractivity contribution is -0.129. The van der Waals surface area contributed by atoms with Crippen LogP contribution in [0.3, 0.4) is 0 Å². The lowest BCUT2D eigenvalue weighted by Gasteiger charge is -2.10. The molecule has 6 nitrogen and oxygen atoms in total. The van der Waals surface area contributed by atoms with Crippen molar-refractivity contribution >= 4 is 12.0 Å². The summed E-state index contributed by atoms with van der Waals surface area (Å²) in [6.07, 6.45) is -1.56. The maximum absolute atomic E-state index is 11.3. The van der Waals surface area contributed by atoms with Crippen molar-refractivity contribution in [2.45, 2.75) is 19.1 Å². The van der Waals surface area contributed by atoms with Crippen LogP contribution in [-0.4, -0.2) is 36.8 Å². The monoisotopic (exact) mass is 266 g/mol. The van der Waals surface area contributed by atoms with Crippen LogP contribution < -0.4 is 10.6 Å². The fourth-order valence-electron chi connectivity index (χ4n) is 1.38. The minimum atomic E-state index is -1.13. The number of aliphatic hydroxyl groups is 1. The third kappa shape index (κ3) is 5.87. The Morgan fingerprint density at radius 3 is 2.63 bits per heavy atom. The lowest BCUT2D eigenvalue weighted by atomic mass is 10.2. The smallest absolute Gasteiger partial charge is 0.407 e. The average molecular weight is 266 g/mol. The number of ether oxygens (including phenoxy) is 1. The Kier molecular flexibility index (Phi) is 6.38. The molecule has 0 heterocycles. The molecule has 0 fully saturated rings. The second kappa shape index (κ2) is 8.10. The fourth-order valence-corrected chi connectivity index (χ4v) is 1.38. The molecule has 0 radical (unpaired) electrons. The van der Waals surface area contributed by atoms with Gasteiger partial charge >= 0.3 is 6.09 Å². The highest BCUT2D eigenvalue weighted by Crippen LogP contribution is 2.00. The van der Waals surface area contributed by atoms with Crippen LogP contribution in [0, 0.1) is 0 Å². The third-order valence-corrected chi connectivity index (χ3v) is 2.45. The summed E-state index contributed by atoms with van der Waals surface area (Å²) in [5, 5.41) is 14.1. The number of alkyl carbamates (subject to hydrolysis) is 1. The van der Waals surface area contributed by atoms with Crippen LogP contribution in [0.1, 0.15) is 12.0 Å². The van der Waals surface area contributed by atoms with Gasteiger partial charge in [-0.05, 0) is 12.0 Å². The summed E-state index contributed by atoms with van der Waals surface area (Å²) >= 11 is 0. The van der Waals surface area contributed by atoms with Gasteiger partial charge in [0, 0.05) is 13.6 Å². The molecule has 2 amide bonds. The Morgan fingerprint density at radius 1 is 1.32 bits per heavy atom. The lowest BCUT2D eigenvalue weighted by Crippen LogP contribution is -2.35. The number of nitrogens with one attached hydrogen (secondary N) is 2. The highest BCUT2D eigenvalue weighted by Gasteiger charge is 2.13. The maximum Gasteiger partial charge on any atom is 0.407 e. The van der Waals surface area contributed by atoms with Crippen molar-refractivity contribution in [3.63, 3.8) is 0 Å². The van der Waals surface area contributed by atoms with E-state index in [-0.39, 0.29) is 19.6 Å². The van der Waals surface area contributed by atoms with E-state index in [1.54, 1.807) is 0 Å². The molecule has 1 rings (SSSR count). The zero-order chi connectivity index (χ0) is 14.1. The minimum Gasteiger partial charge on any atom is -0.445 e. The topological polar surface area (TPSA) is 87.7 Å². The summed E-state index contributed by atoms with van der Waals surface area (Å²) in [6.45, 7) is 0.354. The molecule has 0 saturated heterocycles. The number of carbonyl (C=O) groups excluding carboxylic acids is 2. The van der Waals surface area contributed by atoms with E-state index in [0.29, 0.717) is 0 Å². The number of aliphatic hydroxyl groups excluding tert-OH is 1. The van der Waals surface area contributed by atoms with Gasteiger partial charge in [-0.15, -0.1) is 0 Å². The summed E-state index contributed by atoms with van der Waals surface area (Å²) < 4.78 is 4.96. The number of amides is 2. The van der Waals surface area contributed by atoms with E-state index in [4.69, 9.17) is 4.74 Å². The van der Waals surface area contributed by atoms with Gasteiger partial charge in [0.25, 0.3) is 0 Å². The van der Waals surface area contributed by atoms with Crippen molar-refractivity contribution in [1.29, 1.82) is 0 Å². The first kappa shape index (κ1) is 15.0. The summed E-state index contributed by atoms with van der Waals surface area (Å²) in [6, 6.07) is 9.29. The van der Waals surface area contributed by atoms with Crippen molar-refractivity contribution in [2.75, 3.05) is 13.6 Å². The molecule has 1 atom stereocenters. The average Bonchev–Trinajstić information content (AvgIpc) is 2.45. The number of benzene rings is 1. The standard InChI is InChI=1S/C13H18N2O4/c1-14-12(17)11(16)7-8-15-13(18)19-9-10-5-3-2-4-6-10/h2-6,11,16H,7-9H2,1H3,(H,14,17)(H,15,18)/t11-/m0/s1. The molecule has 3 N–H and O–H groups in total. The van der Waals surface area contributed by atoms with Crippen LogP contribution in [-0.2, 0) is 16.1 Å². The molecule has 0 aromatic heterocycles. The first-order valence-electron chi connectivity index (χ1n) is 5.97. The summed E-state index contributed by atoms with van der Waals surface area (Å²) in [4.78, 5) is 22.3. The molecule has 0 saturated carbocycles. The molecular weight excluding hydrogens is 248 g/mol. The number of likely N-dealkylation sites (N-methyl/N-ethyl adjacent to an activating group) is 1. The van der Waals surface area contributed by atoms with Crippen LogP contribution in [0.2, 0.25) is 0 Å². The molecule has 19 heavy (non-hydrogen) atoms. The molecule has 1 aromatic rings. The van der Waals surface area contributed by atoms with E-state index < -0.39 is 18.1 Å². The van der Waals surface area contributed by atoms with E-state index in [1.165, 1.54) is 7.05 Å². The summed E-state index contributed by atoms with van der Waals surface area (Å²) in [5.74, 6) is -0.473. The van der Waals surface area contributed by atoms with Crippen molar-refractivity contribution in [2.24, 2.45) is 0 Å². The number of hydrogen-bond donors (Lipinski definition) is 3. The number of rotatable bonds is 6. The second-order valence-corrected chi connectivity index (χ2v) is 3.91. The van der Waals surface area contributed by atoms with E-state index in [0.717, 1.165) is 5.56 Å². The van der Waals surface area contributed by atoms with Gasteiger partial charge in [0.1, 0.15) is 12.7 Å². The Balaban J connectivity index is 2.16. The summed E-state index contributed by atoms with van der Waals surface area (Å²) in [5.41, 5.74) is 0.892. The Morgan fingerprint density at radius 2 is 2.00 bits per heavy atom. The van der Waals surface area contributed by atoms with E-state index in [2.05, 4.69) is 10.6 Å². The first-order chi connectivity index (χ1) is 9.13. The van der Waals surface area contributed by atoms with Gasteiger partial charge < -0.3 is 20.5 Å². The Labute approximate surface area is 111 Å². The van der Waals surface area contributed by atoms with Gasteiger partial charge in [-0.2, -0.15) is 0 Å². The van der Waals surface area contributed by atoms with Gasteiger partial charge in [0.05, 0.1) is 0 Å². The largest absolute Gasteiger partial charge is 0.445 e. The van der Waals surface area contributed by atoms with Gasteiger partial charge in [0.2, 0.25) is 5.91 Å². The zero-order valence-corrected chi connectivity index (χ0v) is 10.8. The SMILES string of the molecule is CNC(=O)[C@@H](O)CCNC(=O)OCc1ccccc1. The van der Waals surface area contributed by atoms with Crippen LogP contribution in [0.5, 0.6) is 0 Å².